The molecule has 0 atom stereocenters. The Labute approximate surface area is 102 Å². The highest BCUT2D eigenvalue weighted by Gasteiger charge is 2.23. The number of hydrogen-bond donors (Lipinski definition) is 0. The van der Waals surface area contributed by atoms with Gasteiger partial charge in [0.1, 0.15) is 13.2 Å². The van der Waals surface area contributed by atoms with Gasteiger partial charge < -0.3 is 9.64 Å². The van der Waals surface area contributed by atoms with Crippen LogP contribution < -0.4 is 0 Å². The summed E-state index contributed by atoms with van der Waals surface area (Å²) in [4.78, 5) is 12.4. The maximum absolute atomic E-state index is 10.1. The first-order valence-electron chi connectivity index (χ1n) is 6.47. The van der Waals surface area contributed by atoms with Gasteiger partial charge >= 0.3 is 0 Å². The first-order valence-corrected chi connectivity index (χ1v) is 6.47. The molecular weight excluding hydrogens is 216 g/mol. The summed E-state index contributed by atoms with van der Waals surface area (Å²) in [5.74, 6) is 0.906. The molecule has 2 rings (SSSR count). The summed E-state index contributed by atoms with van der Waals surface area (Å²) in [6, 6.07) is 0.601. The van der Waals surface area contributed by atoms with E-state index in [2.05, 4.69) is 16.2 Å². The minimum atomic E-state index is 0.222. The van der Waals surface area contributed by atoms with E-state index >= 15 is 0 Å². The zero-order valence-corrected chi connectivity index (χ0v) is 10.2. The molecule has 94 valence electrons. The molecule has 0 amide bonds. The normalized spacial score (nSPS) is 21.2. The molecule has 0 saturated heterocycles. The Morgan fingerprint density at radius 2 is 2.18 bits per heavy atom. The monoisotopic (exact) mass is 236 g/mol. The summed E-state index contributed by atoms with van der Waals surface area (Å²) >= 11 is 0. The number of nitroso groups, excluding NO2 is 1. The summed E-state index contributed by atoms with van der Waals surface area (Å²) in [6.07, 6.45) is 12.6. The SMILES string of the molecule is O=NCCOC1=CC=CCN1C1CCCCC1. The average Bonchev–Trinajstić information content (AvgIpc) is 2.41. The quantitative estimate of drug-likeness (QED) is 0.544. The molecule has 2 aliphatic rings. The van der Waals surface area contributed by atoms with E-state index in [-0.39, 0.29) is 6.54 Å². The van der Waals surface area contributed by atoms with E-state index in [4.69, 9.17) is 4.74 Å². The van der Waals surface area contributed by atoms with Crippen molar-refractivity contribution in [3.63, 3.8) is 0 Å². The molecule has 1 aliphatic heterocycles. The van der Waals surface area contributed by atoms with Crippen LogP contribution in [0.25, 0.3) is 0 Å². The number of hydrogen-bond acceptors (Lipinski definition) is 4. The predicted molar refractivity (Wildman–Crippen MR) is 67.4 cm³/mol. The van der Waals surface area contributed by atoms with Gasteiger partial charge in [-0.25, -0.2) is 0 Å². The smallest absolute Gasteiger partial charge is 0.189 e. The second kappa shape index (κ2) is 6.42. The van der Waals surface area contributed by atoms with Gasteiger partial charge in [-0.2, -0.15) is 4.91 Å². The van der Waals surface area contributed by atoms with Crippen molar-refractivity contribution < 1.29 is 4.74 Å². The fraction of sp³-hybridized carbons (Fsp3) is 0.692. The Morgan fingerprint density at radius 1 is 1.35 bits per heavy atom. The Balaban J connectivity index is 1.92. The fourth-order valence-corrected chi connectivity index (χ4v) is 2.55. The van der Waals surface area contributed by atoms with Crippen LogP contribution in [0.2, 0.25) is 0 Å². The van der Waals surface area contributed by atoms with Gasteiger partial charge in [0, 0.05) is 12.6 Å². The Hall–Kier alpha value is -1.32. The number of ether oxygens (including phenoxy) is 1. The van der Waals surface area contributed by atoms with Crippen LogP contribution in [-0.4, -0.2) is 30.6 Å². The lowest BCUT2D eigenvalue weighted by Gasteiger charge is -2.37. The second-order valence-electron chi connectivity index (χ2n) is 4.58. The lowest BCUT2D eigenvalue weighted by atomic mass is 9.94. The highest BCUT2D eigenvalue weighted by molar-refractivity contribution is 5.14. The van der Waals surface area contributed by atoms with E-state index < -0.39 is 0 Å². The van der Waals surface area contributed by atoms with Gasteiger partial charge in [0.15, 0.2) is 5.88 Å². The Bertz CT molecular complexity index is 307. The third-order valence-electron chi connectivity index (χ3n) is 3.41. The Kier molecular flexibility index (Phi) is 4.59. The number of allylic oxidation sites excluding steroid dienone is 2. The van der Waals surface area contributed by atoms with Crippen LogP contribution in [-0.2, 0) is 4.74 Å². The van der Waals surface area contributed by atoms with E-state index in [1.165, 1.54) is 32.1 Å². The summed E-state index contributed by atoms with van der Waals surface area (Å²) in [6.45, 7) is 1.52. The fourth-order valence-electron chi connectivity index (χ4n) is 2.55. The van der Waals surface area contributed by atoms with Crippen LogP contribution >= 0.6 is 0 Å². The molecule has 17 heavy (non-hydrogen) atoms. The molecule has 0 aromatic heterocycles. The van der Waals surface area contributed by atoms with Gasteiger partial charge in [-0.3, -0.25) is 0 Å². The molecule has 0 aromatic carbocycles. The molecule has 1 saturated carbocycles. The van der Waals surface area contributed by atoms with E-state index in [0.717, 1.165) is 12.4 Å². The number of rotatable bonds is 5. The predicted octanol–water partition coefficient (Wildman–Crippen LogP) is 2.82. The molecule has 1 heterocycles. The van der Waals surface area contributed by atoms with E-state index in [1.807, 2.05) is 12.2 Å². The highest BCUT2D eigenvalue weighted by atomic mass is 16.5. The number of nitrogens with zero attached hydrogens (tertiary/aromatic N) is 2. The molecule has 0 radical (unpaired) electrons. The van der Waals surface area contributed by atoms with Crippen molar-refractivity contribution in [3.05, 3.63) is 29.0 Å². The van der Waals surface area contributed by atoms with Crippen molar-refractivity contribution in [1.29, 1.82) is 0 Å². The maximum Gasteiger partial charge on any atom is 0.189 e. The first kappa shape index (κ1) is 12.1. The minimum Gasteiger partial charge on any atom is -0.477 e. The van der Waals surface area contributed by atoms with Gasteiger partial charge in [0.05, 0.1) is 0 Å². The molecule has 1 fully saturated rings. The second-order valence-corrected chi connectivity index (χ2v) is 4.58. The zero-order valence-electron chi connectivity index (χ0n) is 10.2. The van der Waals surface area contributed by atoms with Gasteiger partial charge in [0.25, 0.3) is 0 Å². The maximum atomic E-state index is 10.1. The van der Waals surface area contributed by atoms with Crippen molar-refractivity contribution in [2.24, 2.45) is 5.18 Å². The van der Waals surface area contributed by atoms with E-state index in [0.29, 0.717) is 12.6 Å². The molecular formula is C13H20N2O2. The van der Waals surface area contributed by atoms with E-state index in [9.17, 15) is 4.91 Å². The lowest BCUT2D eigenvalue weighted by Crippen LogP contribution is -2.38. The third-order valence-corrected chi connectivity index (χ3v) is 3.41. The van der Waals surface area contributed by atoms with Crippen LogP contribution in [0.4, 0.5) is 0 Å². The van der Waals surface area contributed by atoms with Crippen molar-refractivity contribution in [2.75, 3.05) is 19.7 Å². The van der Waals surface area contributed by atoms with Crippen molar-refractivity contribution in [2.45, 2.75) is 38.1 Å². The van der Waals surface area contributed by atoms with Crippen LogP contribution in [0, 0.1) is 4.91 Å². The molecule has 4 nitrogen and oxygen atoms in total. The minimum absolute atomic E-state index is 0.222. The Morgan fingerprint density at radius 3 is 2.94 bits per heavy atom. The van der Waals surface area contributed by atoms with Crippen LogP contribution in [0.3, 0.4) is 0 Å². The first-order chi connectivity index (χ1) is 8.42. The molecule has 0 N–H and O–H groups in total. The molecule has 0 spiro atoms. The van der Waals surface area contributed by atoms with Crippen LogP contribution in [0.5, 0.6) is 0 Å². The summed E-state index contributed by atoms with van der Waals surface area (Å²) in [5, 5.41) is 2.82. The lowest BCUT2D eigenvalue weighted by molar-refractivity contribution is 0.0808. The summed E-state index contributed by atoms with van der Waals surface area (Å²) in [5.41, 5.74) is 0. The molecule has 1 aliphatic carbocycles. The average molecular weight is 236 g/mol. The standard InChI is InChI=1S/C13H20N2O2/c16-14-9-11-17-13-8-4-5-10-15(13)12-6-2-1-3-7-12/h4-5,8,12H,1-3,6-7,9-11H2. The van der Waals surface area contributed by atoms with Gasteiger partial charge in [-0.05, 0) is 18.9 Å². The third kappa shape index (κ3) is 3.32. The largest absolute Gasteiger partial charge is 0.477 e. The van der Waals surface area contributed by atoms with Crippen molar-refractivity contribution >= 4 is 0 Å². The molecule has 4 heteroatoms. The highest BCUT2D eigenvalue weighted by Crippen LogP contribution is 2.26. The zero-order chi connectivity index (χ0) is 11.9. The molecule has 0 unspecified atom stereocenters. The topological polar surface area (TPSA) is 41.9 Å². The molecule has 0 bridgehead atoms. The van der Waals surface area contributed by atoms with Gasteiger partial charge in [-0.1, -0.05) is 36.6 Å². The summed E-state index contributed by atoms with van der Waals surface area (Å²) in [7, 11) is 0. The van der Waals surface area contributed by atoms with Crippen molar-refractivity contribution in [3.8, 4) is 0 Å². The van der Waals surface area contributed by atoms with E-state index in [1.54, 1.807) is 0 Å². The van der Waals surface area contributed by atoms with Crippen LogP contribution in [0.15, 0.2) is 29.3 Å². The van der Waals surface area contributed by atoms with Crippen molar-refractivity contribution in [1.82, 2.24) is 4.90 Å². The van der Waals surface area contributed by atoms with Gasteiger partial charge in [-0.15, -0.1) is 0 Å². The molecule has 0 aromatic rings. The van der Waals surface area contributed by atoms with Gasteiger partial charge in [0.2, 0.25) is 0 Å². The van der Waals surface area contributed by atoms with Crippen LogP contribution in [0.1, 0.15) is 32.1 Å². The summed E-state index contributed by atoms with van der Waals surface area (Å²) < 4.78 is 5.63.